The number of hydrogen-bond acceptors (Lipinski definition) is 2. The summed E-state index contributed by atoms with van der Waals surface area (Å²) in [5.41, 5.74) is 2.22. The fourth-order valence-electron chi connectivity index (χ4n) is 3.76. The number of fused-ring (bicyclic) bond motifs is 2. The predicted molar refractivity (Wildman–Crippen MR) is 87.4 cm³/mol. The summed E-state index contributed by atoms with van der Waals surface area (Å²) >= 11 is 2.13. The lowest BCUT2D eigenvalue weighted by molar-refractivity contribution is 0.0130. The van der Waals surface area contributed by atoms with E-state index in [0.717, 1.165) is 19.3 Å². The Kier molecular flexibility index (Phi) is 4.14. The maximum atomic E-state index is 11.0. The third-order valence-electron chi connectivity index (χ3n) is 4.83. The normalized spacial score (nSPS) is 33.4. The Balaban J connectivity index is 1.69. The van der Waals surface area contributed by atoms with Gasteiger partial charge in [0.15, 0.2) is 0 Å². The summed E-state index contributed by atoms with van der Waals surface area (Å²) < 4.78 is 0. The summed E-state index contributed by atoms with van der Waals surface area (Å²) in [6.45, 7) is 4.45. The first-order chi connectivity index (χ1) is 9.54. The molecule has 1 N–H and O–H groups in total. The van der Waals surface area contributed by atoms with Gasteiger partial charge >= 0.3 is 0 Å². The smallest absolute Gasteiger partial charge is 0.0709 e. The lowest BCUT2D eigenvalue weighted by Gasteiger charge is -2.44. The van der Waals surface area contributed by atoms with Gasteiger partial charge in [-0.25, -0.2) is 0 Å². The molecule has 0 amide bonds. The summed E-state index contributed by atoms with van der Waals surface area (Å²) in [5, 5.41) is 12.4. The number of benzene rings is 1. The third-order valence-corrected chi connectivity index (χ3v) is 6.41. The van der Waals surface area contributed by atoms with E-state index in [0.29, 0.717) is 16.4 Å². The molecular formula is C18H26OS. The minimum atomic E-state index is -0.458. The molecule has 2 aliphatic heterocycles. The van der Waals surface area contributed by atoms with E-state index in [2.05, 4.69) is 49.9 Å². The highest BCUT2D eigenvalue weighted by Gasteiger charge is 2.41. The molecule has 2 heterocycles. The monoisotopic (exact) mass is 290 g/mol. The molecule has 110 valence electrons. The van der Waals surface area contributed by atoms with Gasteiger partial charge in [-0.05, 0) is 42.7 Å². The summed E-state index contributed by atoms with van der Waals surface area (Å²) in [4.78, 5) is 0. The first-order valence-corrected chi connectivity index (χ1v) is 8.95. The number of aliphatic hydroxyl groups is 1. The molecular weight excluding hydrogens is 264 g/mol. The van der Waals surface area contributed by atoms with Crippen molar-refractivity contribution in [3.05, 3.63) is 35.4 Å². The van der Waals surface area contributed by atoms with Crippen LogP contribution in [0, 0.1) is 0 Å². The van der Waals surface area contributed by atoms with Gasteiger partial charge in [-0.2, -0.15) is 11.8 Å². The second kappa shape index (κ2) is 5.73. The highest BCUT2D eigenvalue weighted by Crippen LogP contribution is 2.46. The van der Waals surface area contributed by atoms with Crippen molar-refractivity contribution in [2.24, 2.45) is 0 Å². The van der Waals surface area contributed by atoms with Crippen molar-refractivity contribution in [1.29, 1.82) is 0 Å². The fraction of sp³-hybridized carbons (Fsp3) is 0.667. The SMILES string of the molecule is CC(C)c1ccc(CC2(O)CC3CCCC(C2)S3)cc1. The van der Waals surface area contributed by atoms with Crippen LogP contribution in [-0.4, -0.2) is 21.2 Å². The molecule has 0 spiro atoms. The minimum Gasteiger partial charge on any atom is -0.389 e. The topological polar surface area (TPSA) is 20.2 Å². The van der Waals surface area contributed by atoms with Gasteiger partial charge in [0.25, 0.3) is 0 Å². The first kappa shape index (κ1) is 14.5. The van der Waals surface area contributed by atoms with Crippen molar-refractivity contribution >= 4 is 11.8 Å². The average molecular weight is 290 g/mol. The van der Waals surface area contributed by atoms with Gasteiger partial charge in [-0.3, -0.25) is 0 Å². The van der Waals surface area contributed by atoms with Crippen LogP contribution in [-0.2, 0) is 6.42 Å². The molecule has 2 fully saturated rings. The maximum Gasteiger partial charge on any atom is 0.0709 e. The summed E-state index contributed by atoms with van der Waals surface area (Å²) in [7, 11) is 0. The van der Waals surface area contributed by atoms with E-state index in [1.807, 2.05) is 0 Å². The lowest BCUT2D eigenvalue weighted by Crippen LogP contribution is -2.44. The Morgan fingerprint density at radius 3 is 2.30 bits per heavy atom. The molecule has 20 heavy (non-hydrogen) atoms. The van der Waals surface area contributed by atoms with Crippen molar-refractivity contribution in [2.75, 3.05) is 0 Å². The van der Waals surface area contributed by atoms with Crippen molar-refractivity contribution in [1.82, 2.24) is 0 Å². The van der Waals surface area contributed by atoms with Gasteiger partial charge in [0.1, 0.15) is 0 Å². The molecule has 1 nitrogen and oxygen atoms in total. The number of rotatable bonds is 3. The van der Waals surface area contributed by atoms with E-state index in [4.69, 9.17) is 0 Å². The third kappa shape index (κ3) is 3.23. The second-order valence-electron chi connectivity index (χ2n) is 7.02. The van der Waals surface area contributed by atoms with Crippen LogP contribution in [0.2, 0.25) is 0 Å². The van der Waals surface area contributed by atoms with Crippen molar-refractivity contribution in [3.8, 4) is 0 Å². The summed E-state index contributed by atoms with van der Waals surface area (Å²) in [6, 6.07) is 8.87. The fourth-order valence-corrected chi connectivity index (χ4v) is 5.72. The van der Waals surface area contributed by atoms with Crippen LogP contribution < -0.4 is 0 Å². The van der Waals surface area contributed by atoms with Gasteiger partial charge in [0.2, 0.25) is 0 Å². The molecule has 1 aromatic carbocycles. The van der Waals surface area contributed by atoms with Gasteiger partial charge in [-0.15, -0.1) is 0 Å². The van der Waals surface area contributed by atoms with Crippen molar-refractivity contribution in [2.45, 2.75) is 74.4 Å². The molecule has 1 aromatic rings. The van der Waals surface area contributed by atoms with Crippen molar-refractivity contribution in [3.63, 3.8) is 0 Å². The summed E-state index contributed by atoms with van der Waals surface area (Å²) in [5.74, 6) is 0.581. The summed E-state index contributed by atoms with van der Waals surface area (Å²) in [6.07, 6.45) is 6.77. The minimum absolute atomic E-state index is 0.458. The zero-order chi connectivity index (χ0) is 14.2. The Morgan fingerprint density at radius 1 is 1.15 bits per heavy atom. The molecule has 2 atom stereocenters. The lowest BCUT2D eigenvalue weighted by atomic mass is 9.81. The molecule has 2 bridgehead atoms. The molecule has 2 heteroatoms. The van der Waals surface area contributed by atoms with E-state index in [9.17, 15) is 5.11 Å². The first-order valence-electron chi connectivity index (χ1n) is 8.01. The Morgan fingerprint density at radius 2 is 1.75 bits per heavy atom. The highest BCUT2D eigenvalue weighted by molar-refractivity contribution is 8.00. The Labute approximate surface area is 127 Å². The second-order valence-corrected chi connectivity index (χ2v) is 8.62. The largest absolute Gasteiger partial charge is 0.389 e. The van der Waals surface area contributed by atoms with E-state index in [1.54, 1.807) is 0 Å². The van der Waals surface area contributed by atoms with Crippen LogP contribution in [0.1, 0.15) is 63.0 Å². The zero-order valence-electron chi connectivity index (χ0n) is 12.6. The molecule has 3 rings (SSSR count). The standard InChI is InChI=1S/C18H26OS/c1-13(2)15-8-6-14(7-9-15)10-18(19)11-16-4-3-5-17(12-18)20-16/h6-9,13,16-17,19H,3-5,10-12H2,1-2H3. The van der Waals surface area contributed by atoms with E-state index >= 15 is 0 Å². The molecule has 0 radical (unpaired) electrons. The highest BCUT2D eigenvalue weighted by atomic mass is 32.2. The number of hydrogen-bond donors (Lipinski definition) is 1. The van der Waals surface area contributed by atoms with Gasteiger partial charge in [0.05, 0.1) is 5.60 Å². The van der Waals surface area contributed by atoms with E-state index in [1.165, 1.54) is 30.4 Å². The van der Waals surface area contributed by atoms with E-state index < -0.39 is 5.60 Å². The molecule has 0 aromatic heterocycles. The van der Waals surface area contributed by atoms with Crippen LogP contribution >= 0.6 is 11.8 Å². The molecule has 2 saturated heterocycles. The van der Waals surface area contributed by atoms with Gasteiger partial charge in [-0.1, -0.05) is 44.5 Å². The molecule has 2 aliphatic rings. The quantitative estimate of drug-likeness (QED) is 0.882. The molecule has 0 aliphatic carbocycles. The Hall–Kier alpha value is -0.470. The van der Waals surface area contributed by atoms with Crippen LogP contribution in [0.3, 0.4) is 0 Å². The van der Waals surface area contributed by atoms with E-state index in [-0.39, 0.29) is 0 Å². The Bertz CT molecular complexity index is 439. The average Bonchev–Trinajstić information content (AvgIpc) is 2.38. The number of thioether (sulfide) groups is 1. The molecule has 0 saturated carbocycles. The van der Waals surface area contributed by atoms with Crippen LogP contribution in [0.25, 0.3) is 0 Å². The van der Waals surface area contributed by atoms with Gasteiger partial charge < -0.3 is 5.11 Å². The van der Waals surface area contributed by atoms with Crippen LogP contribution in [0.5, 0.6) is 0 Å². The van der Waals surface area contributed by atoms with Crippen LogP contribution in [0.15, 0.2) is 24.3 Å². The zero-order valence-corrected chi connectivity index (χ0v) is 13.5. The maximum absolute atomic E-state index is 11.0. The molecule has 2 unspecified atom stereocenters. The van der Waals surface area contributed by atoms with Gasteiger partial charge in [0, 0.05) is 16.9 Å². The van der Waals surface area contributed by atoms with Crippen molar-refractivity contribution < 1.29 is 5.11 Å². The van der Waals surface area contributed by atoms with Crippen LogP contribution in [0.4, 0.5) is 0 Å². The predicted octanol–water partition coefficient (Wildman–Crippen LogP) is 4.53.